The van der Waals surface area contributed by atoms with Gasteiger partial charge in [-0.15, -0.1) is 0 Å². The zero-order valence-electron chi connectivity index (χ0n) is 15.0. The van der Waals surface area contributed by atoms with E-state index in [1.807, 2.05) is 12.1 Å². The molecule has 4 heteroatoms. The normalized spacial score (nSPS) is 22.5. The van der Waals surface area contributed by atoms with Gasteiger partial charge in [0.15, 0.2) is 0 Å². The number of methoxy groups -OCH3 is 2. The van der Waals surface area contributed by atoms with Gasteiger partial charge in [0.05, 0.1) is 14.2 Å². The van der Waals surface area contributed by atoms with E-state index in [2.05, 4.69) is 28.0 Å². The molecule has 2 aliphatic rings. The number of piperazine rings is 1. The maximum Gasteiger partial charge on any atom is 0.123 e. The van der Waals surface area contributed by atoms with Gasteiger partial charge in [0.2, 0.25) is 0 Å². The van der Waals surface area contributed by atoms with E-state index >= 15 is 0 Å². The summed E-state index contributed by atoms with van der Waals surface area (Å²) in [6, 6.07) is 6.06. The molecule has 3 rings (SSSR count). The van der Waals surface area contributed by atoms with Crippen LogP contribution in [0.1, 0.15) is 24.8 Å². The van der Waals surface area contributed by atoms with E-state index in [9.17, 15) is 0 Å². The average Bonchev–Trinajstić information content (AvgIpc) is 2.64. The molecule has 1 aliphatic carbocycles. The molecule has 1 heterocycles. The molecule has 1 saturated heterocycles. The monoisotopic (exact) mass is 330 g/mol. The first-order valence-electron chi connectivity index (χ1n) is 9.09. The standard InChI is InChI=1S/C20H30N2O2/c1-23-19-8-9-20(24-2)18(14-19)16-22-12-10-21(11-13-22)15-17-6-4-3-5-7-17/h3-4,8-9,14,17H,5-7,10-13,15-16H2,1-2H3. The lowest BCUT2D eigenvalue weighted by Gasteiger charge is -2.37. The third kappa shape index (κ3) is 4.52. The molecule has 1 fully saturated rings. The van der Waals surface area contributed by atoms with Gasteiger partial charge in [-0.2, -0.15) is 0 Å². The third-order valence-corrected chi connectivity index (χ3v) is 5.24. The molecule has 0 radical (unpaired) electrons. The number of benzene rings is 1. The Balaban J connectivity index is 1.51. The average molecular weight is 330 g/mol. The minimum absolute atomic E-state index is 0.861. The van der Waals surface area contributed by atoms with Gasteiger partial charge in [0.25, 0.3) is 0 Å². The maximum atomic E-state index is 5.51. The highest BCUT2D eigenvalue weighted by Crippen LogP contribution is 2.26. The third-order valence-electron chi connectivity index (χ3n) is 5.24. The van der Waals surface area contributed by atoms with Crippen molar-refractivity contribution in [3.05, 3.63) is 35.9 Å². The van der Waals surface area contributed by atoms with Crippen LogP contribution in [0.5, 0.6) is 11.5 Å². The largest absolute Gasteiger partial charge is 0.497 e. The van der Waals surface area contributed by atoms with Crippen LogP contribution in [0.4, 0.5) is 0 Å². The van der Waals surface area contributed by atoms with Crippen molar-refractivity contribution < 1.29 is 9.47 Å². The molecule has 0 N–H and O–H groups in total. The van der Waals surface area contributed by atoms with Crippen LogP contribution in [0.3, 0.4) is 0 Å². The summed E-state index contributed by atoms with van der Waals surface area (Å²) in [5.41, 5.74) is 1.21. The highest BCUT2D eigenvalue weighted by molar-refractivity contribution is 5.40. The van der Waals surface area contributed by atoms with Gasteiger partial charge in [0, 0.05) is 44.8 Å². The molecule has 4 nitrogen and oxygen atoms in total. The van der Waals surface area contributed by atoms with Crippen molar-refractivity contribution in [3.8, 4) is 11.5 Å². The van der Waals surface area contributed by atoms with Crippen LogP contribution in [-0.2, 0) is 6.54 Å². The molecule has 1 unspecified atom stereocenters. The Morgan fingerprint density at radius 3 is 2.46 bits per heavy atom. The number of hydrogen-bond donors (Lipinski definition) is 0. The lowest BCUT2D eigenvalue weighted by molar-refractivity contribution is 0.110. The molecule has 0 bridgehead atoms. The van der Waals surface area contributed by atoms with Gasteiger partial charge >= 0.3 is 0 Å². The first-order chi connectivity index (χ1) is 11.8. The highest BCUT2D eigenvalue weighted by Gasteiger charge is 2.21. The predicted molar refractivity (Wildman–Crippen MR) is 97.7 cm³/mol. The van der Waals surface area contributed by atoms with E-state index in [4.69, 9.17) is 9.47 Å². The molecule has 1 aromatic carbocycles. The second kappa shape index (κ2) is 8.54. The molecule has 0 aromatic heterocycles. The summed E-state index contributed by atoms with van der Waals surface area (Å²) in [4.78, 5) is 5.16. The summed E-state index contributed by atoms with van der Waals surface area (Å²) >= 11 is 0. The smallest absolute Gasteiger partial charge is 0.123 e. The molecular weight excluding hydrogens is 300 g/mol. The quantitative estimate of drug-likeness (QED) is 0.748. The summed E-state index contributed by atoms with van der Waals surface area (Å²) in [6.07, 6.45) is 8.58. The van der Waals surface area contributed by atoms with Crippen LogP contribution in [0.15, 0.2) is 30.4 Å². The van der Waals surface area contributed by atoms with Gasteiger partial charge in [-0.3, -0.25) is 4.90 Å². The topological polar surface area (TPSA) is 24.9 Å². The summed E-state index contributed by atoms with van der Waals surface area (Å²) in [7, 11) is 3.45. The van der Waals surface area contributed by atoms with Crippen molar-refractivity contribution in [3.63, 3.8) is 0 Å². The number of rotatable bonds is 6. The molecule has 132 valence electrons. The lowest BCUT2D eigenvalue weighted by Crippen LogP contribution is -2.47. The van der Waals surface area contributed by atoms with Gasteiger partial charge in [-0.1, -0.05) is 12.2 Å². The van der Waals surface area contributed by atoms with Crippen LogP contribution in [0.25, 0.3) is 0 Å². The Hall–Kier alpha value is -1.52. The van der Waals surface area contributed by atoms with E-state index in [-0.39, 0.29) is 0 Å². The fraction of sp³-hybridized carbons (Fsp3) is 0.600. The van der Waals surface area contributed by atoms with Crippen molar-refractivity contribution in [2.24, 2.45) is 5.92 Å². The minimum Gasteiger partial charge on any atom is -0.497 e. The number of hydrogen-bond acceptors (Lipinski definition) is 4. The molecular formula is C20H30N2O2. The Morgan fingerprint density at radius 2 is 1.79 bits per heavy atom. The van der Waals surface area contributed by atoms with Gasteiger partial charge < -0.3 is 14.4 Å². The van der Waals surface area contributed by atoms with Crippen molar-refractivity contribution in [1.29, 1.82) is 0 Å². The predicted octanol–water partition coefficient (Wildman–Crippen LogP) is 3.18. The fourth-order valence-corrected chi connectivity index (χ4v) is 3.76. The maximum absolute atomic E-state index is 5.51. The van der Waals surface area contributed by atoms with E-state index in [1.54, 1.807) is 14.2 Å². The van der Waals surface area contributed by atoms with E-state index in [0.717, 1.165) is 37.1 Å². The zero-order chi connectivity index (χ0) is 16.8. The second-order valence-electron chi connectivity index (χ2n) is 6.91. The fourth-order valence-electron chi connectivity index (χ4n) is 3.76. The van der Waals surface area contributed by atoms with Crippen LogP contribution in [0, 0.1) is 5.92 Å². The van der Waals surface area contributed by atoms with Crippen molar-refractivity contribution in [2.45, 2.75) is 25.8 Å². The minimum atomic E-state index is 0.861. The Labute approximate surface area is 146 Å². The Kier molecular flexibility index (Phi) is 6.16. The highest BCUT2D eigenvalue weighted by atomic mass is 16.5. The lowest BCUT2D eigenvalue weighted by atomic mass is 9.94. The number of nitrogens with zero attached hydrogens (tertiary/aromatic N) is 2. The van der Waals surface area contributed by atoms with Crippen LogP contribution in [0.2, 0.25) is 0 Å². The molecule has 24 heavy (non-hydrogen) atoms. The first kappa shape index (κ1) is 17.3. The molecule has 1 atom stereocenters. The molecule has 0 saturated carbocycles. The SMILES string of the molecule is COc1ccc(OC)c(CN2CCN(CC3CC=CCC3)CC2)c1. The zero-order valence-corrected chi connectivity index (χ0v) is 15.0. The molecule has 0 amide bonds. The summed E-state index contributed by atoms with van der Waals surface area (Å²) in [6.45, 7) is 6.80. The van der Waals surface area contributed by atoms with E-state index in [1.165, 1.54) is 44.5 Å². The Morgan fingerprint density at radius 1 is 1.00 bits per heavy atom. The van der Waals surface area contributed by atoms with E-state index in [0.29, 0.717) is 0 Å². The molecule has 1 aromatic rings. The summed E-state index contributed by atoms with van der Waals surface area (Å²) < 4.78 is 10.9. The molecule has 1 aliphatic heterocycles. The van der Waals surface area contributed by atoms with Crippen molar-refractivity contribution in [2.75, 3.05) is 46.9 Å². The van der Waals surface area contributed by atoms with Crippen molar-refractivity contribution >= 4 is 0 Å². The summed E-state index contributed by atoms with van der Waals surface area (Å²) in [5, 5.41) is 0. The first-order valence-corrected chi connectivity index (χ1v) is 9.09. The number of ether oxygens (including phenoxy) is 2. The van der Waals surface area contributed by atoms with Crippen LogP contribution < -0.4 is 9.47 Å². The van der Waals surface area contributed by atoms with Crippen LogP contribution >= 0.6 is 0 Å². The van der Waals surface area contributed by atoms with Crippen LogP contribution in [-0.4, -0.2) is 56.7 Å². The van der Waals surface area contributed by atoms with E-state index < -0.39 is 0 Å². The van der Waals surface area contributed by atoms with Crippen molar-refractivity contribution in [1.82, 2.24) is 9.80 Å². The van der Waals surface area contributed by atoms with Gasteiger partial charge in [0.1, 0.15) is 11.5 Å². The van der Waals surface area contributed by atoms with Gasteiger partial charge in [-0.25, -0.2) is 0 Å². The Bertz CT molecular complexity index is 551. The summed E-state index contributed by atoms with van der Waals surface area (Å²) in [5.74, 6) is 2.71. The van der Waals surface area contributed by atoms with Gasteiger partial charge in [-0.05, 0) is 43.4 Å². The molecule has 0 spiro atoms. The number of allylic oxidation sites excluding steroid dienone is 2. The second-order valence-corrected chi connectivity index (χ2v) is 6.91.